The molecule has 0 bridgehead atoms. The number of rotatable bonds is 2. The number of fused-ring (bicyclic) bond motifs is 1. The summed E-state index contributed by atoms with van der Waals surface area (Å²) in [5.41, 5.74) is 2.69. The molecule has 2 unspecified atom stereocenters. The van der Waals surface area contributed by atoms with Crippen molar-refractivity contribution in [3.63, 3.8) is 0 Å². The number of hydrogen-bond donors (Lipinski definition) is 0. The fraction of sp³-hybridized carbons (Fsp3) is 0.333. The van der Waals surface area contributed by atoms with Crippen LogP contribution < -0.4 is 4.90 Å². The molecule has 27 heavy (non-hydrogen) atoms. The van der Waals surface area contributed by atoms with Gasteiger partial charge in [0, 0.05) is 17.6 Å². The summed E-state index contributed by atoms with van der Waals surface area (Å²) in [4.78, 5) is 29.5. The Morgan fingerprint density at radius 1 is 1.19 bits per heavy atom. The molecule has 140 valence electrons. The number of hydrogen-bond acceptors (Lipinski definition) is 2. The Labute approximate surface area is 166 Å². The van der Waals surface area contributed by atoms with Gasteiger partial charge in [-0.15, -0.1) is 0 Å². The van der Waals surface area contributed by atoms with Gasteiger partial charge in [0.25, 0.3) is 0 Å². The first-order valence-electron chi connectivity index (χ1n) is 9.12. The van der Waals surface area contributed by atoms with E-state index in [9.17, 15) is 14.0 Å². The third kappa shape index (κ3) is 3.16. The monoisotopic (exact) mass is 430 g/mol. The van der Waals surface area contributed by atoms with E-state index in [4.69, 9.17) is 0 Å². The van der Waals surface area contributed by atoms with Crippen LogP contribution in [0.15, 0.2) is 46.9 Å². The third-order valence-electron chi connectivity index (χ3n) is 5.58. The van der Waals surface area contributed by atoms with Gasteiger partial charge >= 0.3 is 0 Å². The van der Waals surface area contributed by atoms with Crippen LogP contribution in [-0.4, -0.2) is 29.8 Å². The molecular formula is C21H20BrFN2O2. The lowest BCUT2D eigenvalue weighted by Crippen LogP contribution is -2.44. The van der Waals surface area contributed by atoms with Crippen molar-refractivity contribution >= 4 is 33.4 Å². The number of carbonyl (C=O) groups is 2. The zero-order valence-corrected chi connectivity index (χ0v) is 16.6. The summed E-state index contributed by atoms with van der Waals surface area (Å²) in [7, 11) is 0. The molecule has 2 aliphatic rings. The van der Waals surface area contributed by atoms with Gasteiger partial charge in [0.05, 0.1) is 11.7 Å². The maximum Gasteiger partial charge on any atom is 0.239 e. The minimum atomic E-state index is -0.672. The van der Waals surface area contributed by atoms with E-state index in [1.54, 1.807) is 15.9 Å². The number of para-hydroxylation sites is 1. The first-order chi connectivity index (χ1) is 13.0. The molecule has 2 atom stereocenters. The van der Waals surface area contributed by atoms with Gasteiger partial charge in [-0.3, -0.25) is 9.59 Å². The summed E-state index contributed by atoms with van der Waals surface area (Å²) in [6, 6.07) is 12.0. The molecular weight excluding hydrogens is 411 g/mol. The van der Waals surface area contributed by atoms with E-state index < -0.39 is 5.92 Å². The highest BCUT2D eigenvalue weighted by molar-refractivity contribution is 9.10. The van der Waals surface area contributed by atoms with Crippen molar-refractivity contribution in [1.29, 1.82) is 0 Å². The maximum absolute atomic E-state index is 13.7. The van der Waals surface area contributed by atoms with Gasteiger partial charge in [-0.25, -0.2) is 4.39 Å². The Bertz CT molecular complexity index is 917. The number of nitrogens with zero attached hydrogens (tertiary/aromatic N) is 2. The van der Waals surface area contributed by atoms with Crippen LogP contribution in [0, 0.1) is 11.7 Å². The van der Waals surface area contributed by atoms with Crippen molar-refractivity contribution < 1.29 is 14.0 Å². The second-order valence-corrected chi connectivity index (χ2v) is 7.94. The summed E-state index contributed by atoms with van der Waals surface area (Å²) >= 11 is 3.48. The Hall–Kier alpha value is -2.21. The quantitative estimate of drug-likeness (QED) is 0.673. The van der Waals surface area contributed by atoms with E-state index in [1.807, 2.05) is 31.2 Å². The van der Waals surface area contributed by atoms with Crippen LogP contribution >= 0.6 is 15.9 Å². The van der Waals surface area contributed by atoms with Crippen molar-refractivity contribution in [2.45, 2.75) is 25.8 Å². The van der Waals surface area contributed by atoms with Gasteiger partial charge in [-0.2, -0.15) is 0 Å². The Morgan fingerprint density at radius 3 is 2.74 bits per heavy atom. The summed E-state index contributed by atoms with van der Waals surface area (Å²) in [5, 5.41) is 0. The molecule has 0 radical (unpaired) electrons. The Kier molecular flexibility index (Phi) is 4.76. The summed E-state index contributed by atoms with van der Waals surface area (Å²) in [6.45, 7) is 2.98. The van der Waals surface area contributed by atoms with Crippen molar-refractivity contribution in [3.05, 3.63) is 63.9 Å². The summed E-state index contributed by atoms with van der Waals surface area (Å²) < 4.78 is 14.5. The average molecular weight is 431 g/mol. The summed E-state index contributed by atoms with van der Waals surface area (Å²) in [5.74, 6) is -1.29. The topological polar surface area (TPSA) is 40.6 Å². The van der Waals surface area contributed by atoms with Crippen LogP contribution in [0.25, 0.3) is 0 Å². The normalized spacial score (nSPS) is 22.1. The molecule has 2 aliphatic heterocycles. The molecule has 0 N–H and O–H groups in total. The van der Waals surface area contributed by atoms with Gasteiger partial charge in [-0.1, -0.05) is 18.2 Å². The first-order valence-corrected chi connectivity index (χ1v) is 9.91. The fourth-order valence-corrected chi connectivity index (χ4v) is 4.60. The van der Waals surface area contributed by atoms with Crippen molar-refractivity contribution in [1.82, 2.24) is 4.90 Å². The largest absolute Gasteiger partial charge is 0.335 e. The van der Waals surface area contributed by atoms with E-state index >= 15 is 0 Å². The number of anilines is 1. The van der Waals surface area contributed by atoms with E-state index in [2.05, 4.69) is 15.9 Å². The molecule has 1 saturated heterocycles. The highest BCUT2D eigenvalue weighted by Gasteiger charge is 2.42. The molecule has 0 aromatic heterocycles. The molecule has 2 amide bonds. The van der Waals surface area contributed by atoms with Crippen LogP contribution in [-0.2, 0) is 16.0 Å². The van der Waals surface area contributed by atoms with Crippen LogP contribution in [0.5, 0.6) is 0 Å². The highest BCUT2D eigenvalue weighted by atomic mass is 79.9. The molecule has 0 saturated carbocycles. The average Bonchev–Trinajstić information content (AvgIpc) is 3.04. The minimum absolute atomic E-state index is 0.156. The fourth-order valence-electron chi connectivity index (χ4n) is 4.10. The number of amides is 2. The zero-order chi connectivity index (χ0) is 19.1. The van der Waals surface area contributed by atoms with E-state index in [0.29, 0.717) is 25.9 Å². The standard InChI is InChI=1S/C21H20BrFN2O2/c1-13-17-12-15(23)7-6-14(17)8-10-24(13)20(26)16-9-11-25(21(16)27)19-5-3-2-4-18(19)22/h2-7,12-13,16H,8-11H2,1H3. The third-order valence-corrected chi connectivity index (χ3v) is 6.25. The molecule has 2 aromatic carbocycles. The van der Waals surface area contributed by atoms with E-state index in [1.165, 1.54) is 12.1 Å². The van der Waals surface area contributed by atoms with Crippen molar-refractivity contribution in [2.75, 3.05) is 18.0 Å². The predicted octanol–water partition coefficient (Wildman–Crippen LogP) is 4.09. The van der Waals surface area contributed by atoms with Crippen LogP contribution in [0.3, 0.4) is 0 Å². The lowest BCUT2D eigenvalue weighted by atomic mass is 9.92. The number of halogens is 2. The predicted molar refractivity (Wildman–Crippen MR) is 105 cm³/mol. The zero-order valence-electron chi connectivity index (χ0n) is 15.0. The van der Waals surface area contributed by atoms with E-state index in [-0.39, 0.29) is 23.7 Å². The van der Waals surface area contributed by atoms with Crippen molar-refractivity contribution in [3.8, 4) is 0 Å². The molecule has 0 spiro atoms. The smallest absolute Gasteiger partial charge is 0.239 e. The van der Waals surface area contributed by atoms with Gasteiger partial charge in [0.2, 0.25) is 11.8 Å². The van der Waals surface area contributed by atoms with Gasteiger partial charge < -0.3 is 9.80 Å². The van der Waals surface area contributed by atoms with Crippen molar-refractivity contribution in [2.24, 2.45) is 5.92 Å². The molecule has 0 aliphatic carbocycles. The van der Waals surface area contributed by atoms with Gasteiger partial charge in [0.1, 0.15) is 11.7 Å². The molecule has 2 heterocycles. The lowest BCUT2D eigenvalue weighted by molar-refractivity contribution is -0.142. The maximum atomic E-state index is 13.7. The lowest BCUT2D eigenvalue weighted by Gasteiger charge is -2.36. The van der Waals surface area contributed by atoms with Gasteiger partial charge in [-0.05, 0) is 71.1 Å². The molecule has 4 nitrogen and oxygen atoms in total. The minimum Gasteiger partial charge on any atom is -0.335 e. The molecule has 2 aromatic rings. The van der Waals surface area contributed by atoms with Crippen LogP contribution in [0.1, 0.15) is 30.5 Å². The van der Waals surface area contributed by atoms with Gasteiger partial charge in [0.15, 0.2) is 0 Å². The Morgan fingerprint density at radius 2 is 1.96 bits per heavy atom. The number of benzene rings is 2. The number of carbonyl (C=O) groups excluding carboxylic acids is 2. The Balaban J connectivity index is 1.55. The second kappa shape index (κ2) is 7.08. The van der Waals surface area contributed by atoms with Crippen LogP contribution in [0.2, 0.25) is 0 Å². The SMILES string of the molecule is CC1c2cc(F)ccc2CCN1C(=O)C1CCN(c2ccccc2Br)C1=O. The molecule has 1 fully saturated rings. The summed E-state index contributed by atoms with van der Waals surface area (Å²) in [6.07, 6.45) is 1.18. The first kappa shape index (κ1) is 18.2. The molecule has 4 rings (SSSR count). The highest BCUT2D eigenvalue weighted by Crippen LogP contribution is 2.35. The van der Waals surface area contributed by atoms with Crippen LogP contribution in [0.4, 0.5) is 10.1 Å². The molecule has 6 heteroatoms. The second-order valence-electron chi connectivity index (χ2n) is 7.08. The van der Waals surface area contributed by atoms with E-state index in [0.717, 1.165) is 21.3 Å².